The van der Waals surface area contributed by atoms with Gasteiger partial charge in [0.2, 0.25) is 0 Å². The Morgan fingerprint density at radius 3 is 2.45 bits per heavy atom. The van der Waals surface area contributed by atoms with E-state index in [4.69, 9.17) is 9.84 Å². The van der Waals surface area contributed by atoms with Gasteiger partial charge in [0.05, 0.1) is 6.42 Å². The van der Waals surface area contributed by atoms with Crippen LogP contribution in [0.2, 0.25) is 0 Å². The summed E-state index contributed by atoms with van der Waals surface area (Å²) in [5.41, 5.74) is 3.44. The summed E-state index contributed by atoms with van der Waals surface area (Å²) in [6.07, 6.45) is 2.96. The molecule has 1 saturated heterocycles. The van der Waals surface area contributed by atoms with E-state index in [2.05, 4.69) is 23.1 Å². The largest absolute Gasteiger partial charge is 0.481 e. The van der Waals surface area contributed by atoms with Crippen molar-refractivity contribution in [2.75, 3.05) is 11.4 Å². The first-order chi connectivity index (χ1) is 14.2. The van der Waals surface area contributed by atoms with Crippen LogP contribution >= 0.6 is 0 Å². The highest BCUT2D eigenvalue weighted by atomic mass is 16.5. The van der Waals surface area contributed by atoms with Gasteiger partial charge in [0.25, 0.3) is 0 Å². The molecule has 1 aliphatic heterocycles. The third-order valence-corrected chi connectivity index (χ3v) is 5.39. The van der Waals surface area contributed by atoms with Gasteiger partial charge in [-0.2, -0.15) is 0 Å². The Kier molecular flexibility index (Phi) is 5.80. The second kappa shape index (κ2) is 8.82. The number of para-hydroxylation sites is 1. The lowest BCUT2D eigenvalue weighted by molar-refractivity contribution is -0.137. The minimum absolute atomic E-state index is 0.0749. The number of carboxylic acid groups (broad SMARTS) is 1. The normalized spacial score (nSPS) is 16.0. The Hall–Kier alpha value is -3.27. The molecule has 1 heterocycles. The fraction of sp³-hybridized carbons (Fsp3) is 0.240. The lowest BCUT2D eigenvalue weighted by atomic mass is 10.0. The van der Waals surface area contributed by atoms with Gasteiger partial charge in [-0.1, -0.05) is 48.5 Å². The van der Waals surface area contributed by atoms with Crippen molar-refractivity contribution >= 4 is 11.7 Å². The van der Waals surface area contributed by atoms with Crippen LogP contribution in [0.25, 0.3) is 0 Å². The molecule has 1 aliphatic rings. The molecule has 0 aromatic heterocycles. The third kappa shape index (κ3) is 4.77. The van der Waals surface area contributed by atoms with E-state index in [1.165, 1.54) is 5.56 Å². The average Bonchev–Trinajstić information content (AvgIpc) is 3.18. The van der Waals surface area contributed by atoms with Gasteiger partial charge in [0, 0.05) is 24.7 Å². The van der Waals surface area contributed by atoms with Crippen molar-refractivity contribution in [3.8, 4) is 11.5 Å². The van der Waals surface area contributed by atoms with E-state index in [0.717, 1.165) is 48.6 Å². The average molecular weight is 387 g/mol. The van der Waals surface area contributed by atoms with Crippen molar-refractivity contribution in [2.45, 2.75) is 31.7 Å². The summed E-state index contributed by atoms with van der Waals surface area (Å²) < 4.78 is 6.18. The molecule has 148 valence electrons. The van der Waals surface area contributed by atoms with Gasteiger partial charge in [0.1, 0.15) is 11.5 Å². The van der Waals surface area contributed by atoms with Crippen molar-refractivity contribution in [1.82, 2.24) is 0 Å². The number of hydrogen-bond donors (Lipinski definition) is 1. The highest BCUT2D eigenvalue weighted by Crippen LogP contribution is 2.31. The number of aliphatic carboxylic acids is 1. The first kappa shape index (κ1) is 19.1. The molecule has 0 aliphatic carbocycles. The Morgan fingerprint density at radius 1 is 0.966 bits per heavy atom. The van der Waals surface area contributed by atoms with Crippen molar-refractivity contribution in [3.63, 3.8) is 0 Å². The Balaban J connectivity index is 1.48. The summed E-state index contributed by atoms with van der Waals surface area (Å²) in [6.45, 7) is 0.901. The second-order valence-corrected chi connectivity index (χ2v) is 7.45. The van der Waals surface area contributed by atoms with Crippen LogP contribution in [0.3, 0.4) is 0 Å². The summed E-state index contributed by atoms with van der Waals surface area (Å²) in [5, 5.41) is 9.13. The van der Waals surface area contributed by atoms with Crippen LogP contribution < -0.4 is 9.64 Å². The van der Waals surface area contributed by atoms with Gasteiger partial charge in [-0.3, -0.25) is 4.79 Å². The lowest BCUT2D eigenvalue weighted by Gasteiger charge is -2.25. The molecular weight excluding hydrogens is 362 g/mol. The quantitative estimate of drug-likeness (QED) is 0.580. The number of rotatable bonds is 7. The maximum Gasteiger partial charge on any atom is 0.305 e. The maximum atomic E-state index is 11.1. The van der Waals surface area contributed by atoms with E-state index < -0.39 is 5.97 Å². The Labute approximate surface area is 171 Å². The molecule has 3 aromatic carbocycles. The zero-order valence-electron chi connectivity index (χ0n) is 16.3. The highest BCUT2D eigenvalue weighted by Gasteiger charge is 2.26. The predicted molar refractivity (Wildman–Crippen MR) is 115 cm³/mol. The lowest BCUT2D eigenvalue weighted by Crippen LogP contribution is -2.31. The van der Waals surface area contributed by atoms with Crippen LogP contribution in [0.15, 0.2) is 78.9 Å². The summed E-state index contributed by atoms with van der Waals surface area (Å²) in [7, 11) is 0. The number of benzene rings is 3. The van der Waals surface area contributed by atoms with E-state index >= 15 is 0 Å². The zero-order chi connectivity index (χ0) is 20.1. The van der Waals surface area contributed by atoms with E-state index in [1.807, 2.05) is 60.7 Å². The SMILES string of the molecule is O=C(O)CC1CCCN1c1ccc(Oc2ccccc2Cc2ccccc2)cc1. The summed E-state index contributed by atoms with van der Waals surface area (Å²) >= 11 is 0. The van der Waals surface area contributed by atoms with Gasteiger partial charge in [0.15, 0.2) is 0 Å². The smallest absolute Gasteiger partial charge is 0.305 e. The van der Waals surface area contributed by atoms with Crippen LogP contribution in [-0.4, -0.2) is 23.7 Å². The van der Waals surface area contributed by atoms with Crippen LogP contribution in [0, 0.1) is 0 Å². The number of carboxylic acids is 1. The molecule has 4 rings (SSSR count). The van der Waals surface area contributed by atoms with E-state index in [-0.39, 0.29) is 12.5 Å². The van der Waals surface area contributed by atoms with E-state index in [0.29, 0.717) is 0 Å². The fourth-order valence-electron chi connectivity index (χ4n) is 3.99. The van der Waals surface area contributed by atoms with Gasteiger partial charge in [-0.05, 0) is 54.3 Å². The molecule has 1 unspecified atom stereocenters. The van der Waals surface area contributed by atoms with Crippen LogP contribution in [0.5, 0.6) is 11.5 Å². The molecule has 0 amide bonds. The minimum Gasteiger partial charge on any atom is -0.481 e. The molecular formula is C25H25NO3. The topological polar surface area (TPSA) is 49.8 Å². The molecule has 1 atom stereocenters. The zero-order valence-corrected chi connectivity index (χ0v) is 16.3. The molecule has 0 radical (unpaired) electrons. The second-order valence-electron chi connectivity index (χ2n) is 7.45. The summed E-state index contributed by atoms with van der Waals surface area (Å²) in [6, 6.07) is 26.5. The molecule has 0 saturated carbocycles. The first-order valence-electron chi connectivity index (χ1n) is 10.1. The van der Waals surface area contributed by atoms with Crippen molar-refractivity contribution in [1.29, 1.82) is 0 Å². The molecule has 3 aromatic rings. The number of ether oxygens (including phenoxy) is 1. The van der Waals surface area contributed by atoms with Crippen molar-refractivity contribution < 1.29 is 14.6 Å². The minimum atomic E-state index is -0.739. The van der Waals surface area contributed by atoms with Crippen LogP contribution in [0.4, 0.5) is 5.69 Å². The Bertz CT molecular complexity index is 953. The fourth-order valence-corrected chi connectivity index (χ4v) is 3.99. The predicted octanol–water partition coefficient (Wildman–Crippen LogP) is 5.51. The number of hydrogen-bond acceptors (Lipinski definition) is 3. The van der Waals surface area contributed by atoms with Crippen LogP contribution in [0.1, 0.15) is 30.4 Å². The van der Waals surface area contributed by atoms with Crippen molar-refractivity contribution in [2.24, 2.45) is 0 Å². The molecule has 1 fully saturated rings. The van der Waals surface area contributed by atoms with Crippen molar-refractivity contribution in [3.05, 3.63) is 90.0 Å². The van der Waals surface area contributed by atoms with E-state index in [1.54, 1.807) is 0 Å². The van der Waals surface area contributed by atoms with Gasteiger partial charge in [-0.25, -0.2) is 0 Å². The summed E-state index contributed by atoms with van der Waals surface area (Å²) in [5.74, 6) is 0.897. The van der Waals surface area contributed by atoms with Gasteiger partial charge < -0.3 is 14.7 Å². The van der Waals surface area contributed by atoms with Gasteiger partial charge >= 0.3 is 5.97 Å². The van der Waals surface area contributed by atoms with E-state index in [9.17, 15) is 4.79 Å². The van der Waals surface area contributed by atoms with Gasteiger partial charge in [-0.15, -0.1) is 0 Å². The van der Waals surface area contributed by atoms with Crippen LogP contribution in [-0.2, 0) is 11.2 Å². The Morgan fingerprint density at radius 2 is 1.69 bits per heavy atom. The monoisotopic (exact) mass is 387 g/mol. The molecule has 0 spiro atoms. The number of carbonyl (C=O) groups is 1. The standard InChI is InChI=1S/C25H25NO3/c27-25(28)18-22-10-6-16-26(22)21-12-14-23(15-13-21)29-24-11-5-4-9-20(24)17-19-7-2-1-3-8-19/h1-5,7-9,11-15,22H,6,10,16-18H2,(H,27,28). The number of nitrogens with zero attached hydrogens (tertiary/aromatic N) is 1. The number of anilines is 1. The first-order valence-corrected chi connectivity index (χ1v) is 10.1. The summed E-state index contributed by atoms with van der Waals surface area (Å²) in [4.78, 5) is 13.3. The maximum absolute atomic E-state index is 11.1. The molecule has 1 N–H and O–H groups in total. The molecule has 4 nitrogen and oxygen atoms in total. The molecule has 29 heavy (non-hydrogen) atoms. The highest BCUT2D eigenvalue weighted by molar-refractivity contribution is 5.69. The molecule has 4 heteroatoms. The third-order valence-electron chi connectivity index (χ3n) is 5.39. The molecule has 0 bridgehead atoms.